The van der Waals surface area contributed by atoms with Crippen LogP contribution in [0.3, 0.4) is 0 Å². The molecule has 0 radical (unpaired) electrons. The van der Waals surface area contributed by atoms with Crippen molar-refractivity contribution >= 4 is 29.9 Å². The normalized spacial score (nSPS) is 17.4. The molecule has 1 unspecified atom stereocenters. The molecule has 118 valence electrons. The largest absolute Gasteiger partial charge is 0.334 e. The molecule has 22 heavy (non-hydrogen) atoms. The molecule has 2 heterocycles. The Balaban J connectivity index is 0.00000176. The Morgan fingerprint density at radius 2 is 2.09 bits per heavy atom. The second-order valence-corrected chi connectivity index (χ2v) is 5.62. The van der Waals surface area contributed by atoms with Crippen LogP contribution in [0.5, 0.6) is 0 Å². The first-order valence-electron chi connectivity index (χ1n) is 7.00. The number of likely N-dealkylation sites (tertiary alicyclic amines) is 1. The van der Waals surface area contributed by atoms with Gasteiger partial charge in [0.1, 0.15) is 0 Å². The van der Waals surface area contributed by atoms with Gasteiger partial charge in [0.15, 0.2) is 0 Å². The van der Waals surface area contributed by atoms with E-state index in [4.69, 9.17) is 17.3 Å². The van der Waals surface area contributed by atoms with Gasteiger partial charge in [-0.15, -0.1) is 12.4 Å². The summed E-state index contributed by atoms with van der Waals surface area (Å²) in [7, 11) is 0. The summed E-state index contributed by atoms with van der Waals surface area (Å²) in [6.45, 7) is 1.28. The number of hydrogen-bond donors (Lipinski definition) is 1. The molecule has 1 aliphatic heterocycles. The Hall–Kier alpha value is -1.56. The van der Waals surface area contributed by atoms with Crippen LogP contribution in [0.2, 0.25) is 5.02 Å². The second-order valence-electron chi connectivity index (χ2n) is 5.18. The third-order valence-electron chi connectivity index (χ3n) is 3.83. The number of carbonyl (C=O) groups excluding carboxylic acids is 1. The fraction of sp³-hybridized carbons (Fsp3) is 0.333. The van der Waals surface area contributed by atoms with E-state index in [1.54, 1.807) is 29.2 Å². The van der Waals surface area contributed by atoms with E-state index in [0.717, 1.165) is 25.1 Å². The Labute approximate surface area is 140 Å². The van der Waals surface area contributed by atoms with E-state index >= 15 is 0 Å². The summed E-state index contributed by atoms with van der Waals surface area (Å²) in [6, 6.07) is 7.47. The fourth-order valence-electron chi connectivity index (χ4n) is 2.68. The molecule has 0 aliphatic carbocycles. The van der Waals surface area contributed by atoms with Crippen molar-refractivity contribution in [2.24, 2.45) is 5.73 Å². The minimum Gasteiger partial charge on any atom is -0.334 e. The van der Waals surface area contributed by atoms with Crippen LogP contribution in [-0.4, -0.2) is 39.7 Å². The van der Waals surface area contributed by atoms with E-state index in [2.05, 4.69) is 5.10 Å². The summed E-state index contributed by atoms with van der Waals surface area (Å²) >= 11 is 5.87. The highest BCUT2D eigenvalue weighted by molar-refractivity contribution is 6.30. The van der Waals surface area contributed by atoms with Gasteiger partial charge in [-0.2, -0.15) is 5.10 Å². The summed E-state index contributed by atoms with van der Waals surface area (Å²) in [5.74, 6) is 0.00293. The molecule has 1 atom stereocenters. The van der Waals surface area contributed by atoms with Gasteiger partial charge in [0.25, 0.3) is 5.91 Å². The van der Waals surface area contributed by atoms with Crippen LogP contribution in [0.4, 0.5) is 0 Å². The molecule has 1 aromatic heterocycles. The lowest BCUT2D eigenvalue weighted by atomic mass is 10.2. The molecule has 1 saturated heterocycles. The number of nitrogens with two attached hydrogens (primary N) is 1. The lowest BCUT2D eigenvalue weighted by Gasteiger charge is -2.22. The van der Waals surface area contributed by atoms with Crippen molar-refractivity contribution in [3.63, 3.8) is 0 Å². The van der Waals surface area contributed by atoms with Crippen LogP contribution in [0.1, 0.15) is 23.2 Å². The van der Waals surface area contributed by atoms with Crippen LogP contribution >= 0.6 is 24.0 Å². The van der Waals surface area contributed by atoms with Crippen molar-refractivity contribution in [1.82, 2.24) is 14.7 Å². The van der Waals surface area contributed by atoms with Gasteiger partial charge in [0, 0.05) is 30.4 Å². The van der Waals surface area contributed by atoms with Crippen molar-refractivity contribution in [3.8, 4) is 5.69 Å². The molecule has 5 nitrogen and oxygen atoms in total. The van der Waals surface area contributed by atoms with Crippen molar-refractivity contribution < 1.29 is 4.79 Å². The molecule has 7 heteroatoms. The molecular formula is C15H18Cl2N4O. The van der Waals surface area contributed by atoms with E-state index in [1.165, 1.54) is 0 Å². The summed E-state index contributed by atoms with van der Waals surface area (Å²) in [4.78, 5) is 14.4. The molecule has 0 spiro atoms. The van der Waals surface area contributed by atoms with E-state index in [9.17, 15) is 4.79 Å². The quantitative estimate of drug-likeness (QED) is 0.933. The van der Waals surface area contributed by atoms with Crippen molar-refractivity contribution in [2.75, 3.05) is 13.1 Å². The zero-order valence-corrected chi connectivity index (χ0v) is 13.6. The average molecular weight is 341 g/mol. The van der Waals surface area contributed by atoms with Crippen molar-refractivity contribution in [2.45, 2.75) is 18.9 Å². The number of hydrogen-bond acceptors (Lipinski definition) is 3. The zero-order valence-electron chi connectivity index (χ0n) is 12.0. The summed E-state index contributed by atoms with van der Waals surface area (Å²) in [5.41, 5.74) is 7.18. The van der Waals surface area contributed by atoms with Gasteiger partial charge in [-0.25, -0.2) is 4.68 Å². The number of amides is 1. The molecule has 2 aromatic rings. The third kappa shape index (κ3) is 3.27. The van der Waals surface area contributed by atoms with E-state index < -0.39 is 0 Å². The zero-order chi connectivity index (χ0) is 14.8. The van der Waals surface area contributed by atoms with Gasteiger partial charge in [0.2, 0.25) is 0 Å². The molecule has 0 saturated carbocycles. The second kappa shape index (κ2) is 7.13. The smallest absolute Gasteiger partial charge is 0.257 e. The average Bonchev–Trinajstić information content (AvgIpc) is 3.16. The highest BCUT2D eigenvalue weighted by Gasteiger charge is 2.28. The molecular weight excluding hydrogens is 323 g/mol. The Morgan fingerprint density at radius 1 is 1.36 bits per heavy atom. The topological polar surface area (TPSA) is 64.2 Å². The van der Waals surface area contributed by atoms with Gasteiger partial charge in [-0.1, -0.05) is 11.6 Å². The van der Waals surface area contributed by atoms with Gasteiger partial charge in [0.05, 0.1) is 17.4 Å². The molecule has 0 bridgehead atoms. The lowest BCUT2D eigenvalue weighted by Crippen LogP contribution is -2.39. The van der Waals surface area contributed by atoms with Gasteiger partial charge >= 0.3 is 0 Å². The summed E-state index contributed by atoms with van der Waals surface area (Å²) in [5, 5.41) is 4.93. The van der Waals surface area contributed by atoms with Crippen molar-refractivity contribution in [1.29, 1.82) is 0 Å². The highest BCUT2D eigenvalue weighted by atomic mass is 35.5. The van der Waals surface area contributed by atoms with Crippen LogP contribution < -0.4 is 5.73 Å². The first-order chi connectivity index (χ1) is 10.2. The first kappa shape index (κ1) is 16.8. The number of benzene rings is 1. The SMILES string of the molecule is Cl.NCC1CCCN1C(=O)c1cnn(-c2ccc(Cl)cc2)c1. The molecule has 1 aromatic carbocycles. The van der Waals surface area contributed by atoms with Crippen molar-refractivity contribution in [3.05, 3.63) is 47.2 Å². The number of carbonyl (C=O) groups is 1. The predicted molar refractivity (Wildman–Crippen MR) is 88.9 cm³/mol. The van der Waals surface area contributed by atoms with E-state index in [0.29, 0.717) is 17.1 Å². The minimum absolute atomic E-state index is 0. The summed E-state index contributed by atoms with van der Waals surface area (Å²) < 4.78 is 1.68. The van der Waals surface area contributed by atoms with Gasteiger partial charge < -0.3 is 10.6 Å². The van der Waals surface area contributed by atoms with Crippen LogP contribution in [-0.2, 0) is 0 Å². The Kier molecular flexibility index (Phi) is 5.45. The van der Waals surface area contributed by atoms with Crippen LogP contribution in [0.25, 0.3) is 5.69 Å². The molecule has 2 N–H and O–H groups in total. The molecule has 1 amide bonds. The summed E-state index contributed by atoms with van der Waals surface area (Å²) in [6.07, 6.45) is 5.34. The lowest BCUT2D eigenvalue weighted by molar-refractivity contribution is 0.0741. The minimum atomic E-state index is 0. The molecule has 3 rings (SSSR count). The number of nitrogens with zero attached hydrogens (tertiary/aromatic N) is 3. The van der Waals surface area contributed by atoms with Gasteiger partial charge in [-0.3, -0.25) is 4.79 Å². The maximum absolute atomic E-state index is 12.5. The Bertz CT molecular complexity index is 641. The number of halogens is 2. The number of aromatic nitrogens is 2. The monoisotopic (exact) mass is 340 g/mol. The first-order valence-corrected chi connectivity index (χ1v) is 7.38. The highest BCUT2D eigenvalue weighted by Crippen LogP contribution is 2.20. The maximum Gasteiger partial charge on any atom is 0.257 e. The predicted octanol–water partition coefficient (Wildman–Crippen LogP) is 2.51. The standard InChI is InChI=1S/C15H17ClN4O.ClH/c16-12-3-5-13(6-4-12)20-10-11(9-18-20)15(21)19-7-1-2-14(19)8-17;/h3-6,9-10,14H,1-2,7-8,17H2;1H. The number of rotatable bonds is 3. The molecule has 1 fully saturated rings. The fourth-order valence-corrected chi connectivity index (χ4v) is 2.81. The Morgan fingerprint density at radius 3 is 2.77 bits per heavy atom. The molecule has 1 aliphatic rings. The third-order valence-corrected chi connectivity index (χ3v) is 4.08. The van der Waals surface area contributed by atoms with Crippen LogP contribution in [0.15, 0.2) is 36.7 Å². The van der Waals surface area contributed by atoms with Gasteiger partial charge in [-0.05, 0) is 37.1 Å². The maximum atomic E-state index is 12.5. The van der Waals surface area contributed by atoms with E-state index in [-0.39, 0.29) is 24.4 Å². The van der Waals surface area contributed by atoms with Crippen LogP contribution in [0, 0.1) is 0 Å². The van der Waals surface area contributed by atoms with E-state index in [1.807, 2.05) is 17.0 Å².